The van der Waals surface area contributed by atoms with Gasteiger partial charge in [-0.05, 0) is 41.8 Å². The van der Waals surface area contributed by atoms with Crippen molar-refractivity contribution >= 4 is 11.6 Å². The highest BCUT2D eigenvalue weighted by atomic mass is 16.2. The van der Waals surface area contributed by atoms with E-state index in [1.54, 1.807) is 12.4 Å². The fourth-order valence-corrected chi connectivity index (χ4v) is 4.03. The van der Waals surface area contributed by atoms with Crippen molar-refractivity contribution in [2.24, 2.45) is 0 Å². The number of amides is 1. The Morgan fingerprint density at radius 3 is 2.12 bits per heavy atom. The summed E-state index contributed by atoms with van der Waals surface area (Å²) >= 11 is 0. The van der Waals surface area contributed by atoms with Gasteiger partial charge in [0.25, 0.3) is 0 Å². The summed E-state index contributed by atoms with van der Waals surface area (Å²) in [6.07, 6.45) is 9.18. The molecule has 1 aromatic heterocycles. The van der Waals surface area contributed by atoms with E-state index in [-0.39, 0.29) is 18.5 Å². The van der Waals surface area contributed by atoms with E-state index >= 15 is 0 Å². The molecule has 0 saturated heterocycles. The second-order valence-corrected chi connectivity index (χ2v) is 8.07. The van der Waals surface area contributed by atoms with E-state index in [1.165, 1.54) is 0 Å². The summed E-state index contributed by atoms with van der Waals surface area (Å²) in [7, 11) is 0. The van der Waals surface area contributed by atoms with Crippen molar-refractivity contribution in [3.05, 3.63) is 121 Å². The maximum absolute atomic E-state index is 13.7. The largest absolute Gasteiger partial charge is 0.347 e. The Morgan fingerprint density at radius 2 is 1.50 bits per heavy atom. The molecule has 168 valence electrons. The number of nitrogens with zero attached hydrogens (tertiary/aromatic N) is 2. The number of anilines is 1. The fraction of sp³-hybridized carbons (Fsp3) is 0.133. The van der Waals surface area contributed by atoms with E-state index in [9.17, 15) is 4.79 Å². The van der Waals surface area contributed by atoms with Gasteiger partial charge in [-0.2, -0.15) is 0 Å². The van der Waals surface area contributed by atoms with Crippen LogP contribution >= 0.6 is 0 Å². The molecular weight excluding hydrogens is 418 g/mol. The van der Waals surface area contributed by atoms with Gasteiger partial charge < -0.3 is 10.2 Å². The molecule has 1 amide bonds. The average Bonchev–Trinajstić information content (AvgIpc) is 2.90. The van der Waals surface area contributed by atoms with Crippen LogP contribution in [0.3, 0.4) is 0 Å². The second-order valence-electron chi connectivity index (χ2n) is 8.07. The van der Waals surface area contributed by atoms with Crippen molar-refractivity contribution < 1.29 is 4.79 Å². The van der Waals surface area contributed by atoms with Crippen molar-refractivity contribution in [1.29, 1.82) is 0 Å². The molecule has 0 fully saturated rings. The number of benzene rings is 3. The lowest BCUT2D eigenvalue weighted by Gasteiger charge is -2.32. The van der Waals surface area contributed by atoms with Gasteiger partial charge in [0.1, 0.15) is 6.04 Å². The van der Waals surface area contributed by atoms with Crippen molar-refractivity contribution in [3.8, 4) is 23.5 Å². The second kappa shape index (κ2) is 11.0. The lowest BCUT2D eigenvalue weighted by atomic mass is 10.0. The minimum atomic E-state index is -0.626. The summed E-state index contributed by atoms with van der Waals surface area (Å²) in [5.41, 5.74) is 4.93. The Kier molecular flexibility index (Phi) is 7.37. The molecule has 0 aliphatic carbocycles. The van der Waals surface area contributed by atoms with Gasteiger partial charge in [-0.25, -0.2) is 0 Å². The number of rotatable bonds is 8. The predicted octanol–water partition coefficient (Wildman–Crippen LogP) is 5.81. The normalized spacial score (nSPS) is 12.2. The van der Waals surface area contributed by atoms with Crippen LogP contribution in [-0.4, -0.2) is 17.4 Å². The van der Waals surface area contributed by atoms with E-state index in [1.807, 2.05) is 84.6 Å². The third kappa shape index (κ3) is 5.33. The SMILES string of the molecule is C#CCN(c1ccc(-c2ccccc2)cc1)C(C(=O)N[C@@H](C)c1ccccc1)c1cccnc1. The number of carbonyl (C=O) groups is 1. The molecule has 4 nitrogen and oxygen atoms in total. The van der Waals surface area contributed by atoms with Crippen LogP contribution in [0.2, 0.25) is 0 Å². The van der Waals surface area contributed by atoms with Gasteiger partial charge in [-0.15, -0.1) is 6.42 Å². The maximum atomic E-state index is 13.7. The lowest BCUT2D eigenvalue weighted by molar-refractivity contribution is -0.123. The minimum absolute atomic E-state index is 0.133. The molecule has 0 bridgehead atoms. The quantitative estimate of drug-likeness (QED) is 0.348. The lowest BCUT2D eigenvalue weighted by Crippen LogP contribution is -2.42. The standard InChI is InChI=1S/C30H27N3O/c1-3-21-33(28-18-16-26(17-19-28)25-13-8-5-9-14-25)29(27-15-10-20-31-22-27)30(34)32-23(2)24-11-6-4-7-12-24/h1,4-20,22-23,29H,21H2,2H3,(H,32,34)/t23-,29?/m0/s1. The first-order valence-electron chi connectivity index (χ1n) is 11.3. The smallest absolute Gasteiger partial charge is 0.247 e. The number of carbonyl (C=O) groups excluding carboxylic acids is 1. The molecule has 1 N–H and O–H groups in total. The summed E-state index contributed by atoms with van der Waals surface area (Å²) in [5.74, 6) is 2.60. The first-order chi connectivity index (χ1) is 16.7. The average molecular weight is 446 g/mol. The minimum Gasteiger partial charge on any atom is -0.347 e. The summed E-state index contributed by atoms with van der Waals surface area (Å²) < 4.78 is 0. The van der Waals surface area contributed by atoms with Crippen molar-refractivity contribution in [1.82, 2.24) is 10.3 Å². The van der Waals surface area contributed by atoms with Crippen LogP contribution in [0.4, 0.5) is 5.69 Å². The summed E-state index contributed by atoms with van der Waals surface area (Å²) in [5, 5.41) is 3.16. The molecule has 3 aromatic carbocycles. The van der Waals surface area contributed by atoms with Crippen LogP contribution in [0, 0.1) is 12.3 Å². The zero-order chi connectivity index (χ0) is 23.8. The van der Waals surface area contributed by atoms with E-state index in [0.29, 0.717) is 0 Å². The van der Waals surface area contributed by atoms with Crippen LogP contribution in [0.5, 0.6) is 0 Å². The molecule has 1 unspecified atom stereocenters. The van der Waals surface area contributed by atoms with Crippen LogP contribution in [0.15, 0.2) is 109 Å². The Hall–Kier alpha value is -4.36. The van der Waals surface area contributed by atoms with Crippen LogP contribution in [-0.2, 0) is 4.79 Å². The fourth-order valence-electron chi connectivity index (χ4n) is 4.03. The Bertz CT molecular complexity index is 1230. The van der Waals surface area contributed by atoms with Gasteiger partial charge in [0, 0.05) is 23.6 Å². The molecule has 0 spiro atoms. The van der Waals surface area contributed by atoms with E-state index in [2.05, 4.69) is 40.5 Å². The first-order valence-corrected chi connectivity index (χ1v) is 11.3. The Balaban J connectivity index is 1.67. The molecular formula is C30H27N3O. The highest BCUT2D eigenvalue weighted by Crippen LogP contribution is 2.30. The Morgan fingerprint density at radius 1 is 0.882 bits per heavy atom. The molecule has 2 atom stereocenters. The zero-order valence-electron chi connectivity index (χ0n) is 19.1. The number of hydrogen-bond donors (Lipinski definition) is 1. The van der Waals surface area contributed by atoms with Crippen LogP contribution in [0.1, 0.15) is 30.1 Å². The number of terminal acetylenes is 1. The number of nitrogens with one attached hydrogen (secondary N) is 1. The van der Waals surface area contributed by atoms with Gasteiger partial charge in [-0.3, -0.25) is 9.78 Å². The predicted molar refractivity (Wildman–Crippen MR) is 138 cm³/mol. The maximum Gasteiger partial charge on any atom is 0.247 e. The van der Waals surface area contributed by atoms with Gasteiger partial charge in [0.05, 0.1) is 12.6 Å². The number of pyridine rings is 1. The van der Waals surface area contributed by atoms with Crippen LogP contribution in [0.25, 0.3) is 11.1 Å². The number of hydrogen-bond acceptors (Lipinski definition) is 3. The highest BCUT2D eigenvalue weighted by Gasteiger charge is 2.29. The van der Waals surface area contributed by atoms with E-state index < -0.39 is 6.04 Å². The molecule has 4 rings (SSSR count). The van der Waals surface area contributed by atoms with Gasteiger partial charge in [0.2, 0.25) is 5.91 Å². The monoisotopic (exact) mass is 445 g/mol. The van der Waals surface area contributed by atoms with Crippen molar-refractivity contribution in [2.75, 3.05) is 11.4 Å². The molecule has 1 heterocycles. The summed E-state index contributed by atoms with van der Waals surface area (Å²) in [6, 6.07) is 31.2. The third-order valence-electron chi connectivity index (χ3n) is 5.79. The summed E-state index contributed by atoms with van der Waals surface area (Å²) in [6.45, 7) is 2.26. The van der Waals surface area contributed by atoms with Gasteiger partial charge in [0.15, 0.2) is 0 Å². The van der Waals surface area contributed by atoms with Crippen molar-refractivity contribution in [2.45, 2.75) is 19.0 Å². The van der Waals surface area contributed by atoms with E-state index in [4.69, 9.17) is 6.42 Å². The Labute approximate surface area is 201 Å². The summed E-state index contributed by atoms with van der Waals surface area (Å²) in [4.78, 5) is 19.9. The van der Waals surface area contributed by atoms with E-state index in [0.717, 1.165) is 27.9 Å². The van der Waals surface area contributed by atoms with Crippen molar-refractivity contribution in [3.63, 3.8) is 0 Å². The molecule has 0 saturated carbocycles. The molecule has 4 heteroatoms. The third-order valence-corrected chi connectivity index (χ3v) is 5.79. The zero-order valence-corrected chi connectivity index (χ0v) is 19.1. The van der Waals surface area contributed by atoms with Gasteiger partial charge >= 0.3 is 0 Å². The molecule has 0 aliphatic heterocycles. The highest BCUT2D eigenvalue weighted by molar-refractivity contribution is 5.87. The topological polar surface area (TPSA) is 45.2 Å². The van der Waals surface area contributed by atoms with Crippen LogP contribution < -0.4 is 10.2 Å². The molecule has 0 aliphatic rings. The molecule has 4 aromatic rings. The molecule has 0 radical (unpaired) electrons. The molecule has 34 heavy (non-hydrogen) atoms. The first kappa shape index (κ1) is 22.8. The number of aromatic nitrogens is 1. The van der Waals surface area contributed by atoms with Gasteiger partial charge in [-0.1, -0.05) is 84.8 Å².